The molecule has 1 aliphatic rings. The van der Waals surface area contributed by atoms with E-state index in [1.165, 1.54) is 29.6 Å². The number of nitrogens with two attached hydrogens (primary N) is 1. The van der Waals surface area contributed by atoms with E-state index in [0.29, 0.717) is 36.4 Å². The van der Waals surface area contributed by atoms with Crippen LogP contribution in [0.15, 0.2) is 53.6 Å². The minimum atomic E-state index is -3.82. The highest BCUT2D eigenvalue weighted by atomic mass is 32.2. The number of carbonyl (C=O) groups excluding carboxylic acids is 1. The molecule has 4 rings (SSSR count). The molecule has 3 N–H and O–H groups in total. The summed E-state index contributed by atoms with van der Waals surface area (Å²) in [5.41, 5.74) is 5.40. The number of pyridine rings is 1. The summed E-state index contributed by atoms with van der Waals surface area (Å²) >= 11 is 0. The molecule has 0 bridgehead atoms. The van der Waals surface area contributed by atoms with Crippen molar-refractivity contribution in [3.63, 3.8) is 0 Å². The first kappa shape index (κ1) is 23.4. The van der Waals surface area contributed by atoms with Crippen molar-refractivity contribution in [2.75, 3.05) is 43.5 Å². The maximum atomic E-state index is 13.2. The Morgan fingerprint density at radius 3 is 2.47 bits per heavy atom. The number of benzene rings is 1. The molecule has 0 aliphatic carbocycles. The van der Waals surface area contributed by atoms with E-state index in [0.717, 1.165) is 0 Å². The molecule has 0 radical (unpaired) electrons. The molecule has 12 heteroatoms. The molecule has 11 nitrogen and oxygen atoms in total. The zero-order valence-corrected chi connectivity index (χ0v) is 19.6. The van der Waals surface area contributed by atoms with Gasteiger partial charge in [-0.2, -0.15) is 4.31 Å². The van der Waals surface area contributed by atoms with Crippen LogP contribution in [0.3, 0.4) is 0 Å². The summed E-state index contributed by atoms with van der Waals surface area (Å²) in [4.78, 5) is 26.9. The first-order chi connectivity index (χ1) is 16.3. The lowest BCUT2D eigenvalue weighted by atomic mass is 10.2. The number of ether oxygens (including phenoxy) is 1. The molecule has 0 atom stereocenters. The van der Waals surface area contributed by atoms with E-state index in [1.807, 2.05) is 29.2 Å². The summed E-state index contributed by atoms with van der Waals surface area (Å²) in [5, 5.41) is 3.16. The number of hydrogen-bond acceptors (Lipinski definition) is 9. The Morgan fingerprint density at radius 2 is 1.82 bits per heavy atom. The third-order valence-corrected chi connectivity index (χ3v) is 7.28. The molecule has 1 fully saturated rings. The second-order valence-corrected chi connectivity index (χ2v) is 9.55. The van der Waals surface area contributed by atoms with Gasteiger partial charge in [0.05, 0.1) is 17.6 Å². The van der Waals surface area contributed by atoms with Crippen LogP contribution >= 0.6 is 0 Å². The van der Waals surface area contributed by atoms with E-state index in [2.05, 4.69) is 20.3 Å². The van der Waals surface area contributed by atoms with Crippen LogP contribution in [0.1, 0.15) is 16.2 Å². The first-order valence-corrected chi connectivity index (χ1v) is 12.0. The average molecular weight is 484 g/mol. The van der Waals surface area contributed by atoms with Gasteiger partial charge in [-0.3, -0.25) is 4.79 Å². The van der Waals surface area contributed by atoms with Gasteiger partial charge in [-0.1, -0.05) is 6.07 Å². The molecule has 1 aromatic carbocycles. The fourth-order valence-electron chi connectivity index (χ4n) is 3.69. The number of nitrogens with zero attached hydrogens (tertiary/aromatic N) is 5. The van der Waals surface area contributed by atoms with Crippen molar-refractivity contribution in [2.24, 2.45) is 5.73 Å². The van der Waals surface area contributed by atoms with E-state index >= 15 is 0 Å². The standard InChI is InChI=1S/C22H25N7O4S/c1-15-25-20(27-19-5-3-4-8-24-19)14-21(26-15)28-9-11-29(12-10-28)34(31,32)16-6-7-18(33-2)17(13-16)22(23)30/h3-8,13-14H,9-12H2,1-2H3,(H2,23,30)(H,24,25,26,27). The fourth-order valence-corrected chi connectivity index (χ4v) is 5.14. The third-order valence-electron chi connectivity index (χ3n) is 5.38. The Hall–Kier alpha value is -3.77. The van der Waals surface area contributed by atoms with Crippen LogP contribution in [0.4, 0.5) is 17.5 Å². The summed E-state index contributed by atoms with van der Waals surface area (Å²) in [6, 6.07) is 11.5. The smallest absolute Gasteiger partial charge is 0.252 e. The van der Waals surface area contributed by atoms with Gasteiger partial charge in [0.25, 0.3) is 5.91 Å². The molecule has 1 aliphatic heterocycles. The van der Waals surface area contributed by atoms with E-state index in [-0.39, 0.29) is 29.3 Å². The number of anilines is 3. The molecular weight excluding hydrogens is 458 g/mol. The lowest BCUT2D eigenvalue weighted by Gasteiger charge is -2.34. The molecule has 3 aromatic rings. The van der Waals surface area contributed by atoms with Crippen LogP contribution in [0.5, 0.6) is 5.75 Å². The van der Waals surface area contributed by atoms with Gasteiger partial charge in [-0.25, -0.2) is 23.4 Å². The molecule has 1 saturated heterocycles. The molecule has 3 heterocycles. The van der Waals surface area contributed by atoms with E-state index in [1.54, 1.807) is 13.1 Å². The Morgan fingerprint density at radius 1 is 1.06 bits per heavy atom. The lowest BCUT2D eigenvalue weighted by Crippen LogP contribution is -2.49. The second kappa shape index (κ2) is 9.61. The molecule has 0 unspecified atom stereocenters. The summed E-state index contributed by atoms with van der Waals surface area (Å²) in [7, 11) is -2.43. The topological polar surface area (TPSA) is 144 Å². The predicted octanol–water partition coefficient (Wildman–Crippen LogP) is 1.54. The van der Waals surface area contributed by atoms with Crippen molar-refractivity contribution in [1.29, 1.82) is 0 Å². The van der Waals surface area contributed by atoms with Crippen molar-refractivity contribution >= 4 is 33.4 Å². The highest BCUT2D eigenvalue weighted by Crippen LogP contribution is 2.26. The highest BCUT2D eigenvalue weighted by molar-refractivity contribution is 7.89. The van der Waals surface area contributed by atoms with Crippen LogP contribution < -0.4 is 20.7 Å². The molecule has 178 valence electrons. The molecule has 0 saturated carbocycles. The van der Waals surface area contributed by atoms with Crippen molar-refractivity contribution in [2.45, 2.75) is 11.8 Å². The number of hydrogen-bond donors (Lipinski definition) is 2. The quantitative estimate of drug-likeness (QED) is 0.511. The van der Waals surface area contributed by atoms with Crippen molar-refractivity contribution in [3.05, 3.63) is 60.0 Å². The molecule has 1 amide bonds. The highest BCUT2D eigenvalue weighted by Gasteiger charge is 2.30. The maximum Gasteiger partial charge on any atom is 0.252 e. The molecular formula is C22H25N7O4S. The SMILES string of the molecule is COc1ccc(S(=O)(=O)N2CCN(c3cc(Nc4ccccn4)nc(C)n3)CC2)cc1C(N)=O. The van der Waals surface area contributed by atoms with Crippen molar-refractivity contribution in [1.82, 2.24) is 19.3 Å². The van der Waals surface area contributed by atoms with Gasteiger partial charge in [0, 0.05) is 38.4 Å². The van der Waals surface area contributed by atoms with Crippen LogP contribution in [0, 0.1) is 6.92 Å². The van der Waals surface area contributed by atoms with E-state index in [4.69, 9.17) is 10.5 Å². The predicted molar refractivity (Wildman–Crippen MR) is 127 cm³/mol. The number of carbonyl (C=O) groups is 1. The largest absolute Gasteiger partial charge is 0.496 e. The van der Waals surface area contributed by atoms with Gasteiger partial charge in [-0.05, 0) is 37.3 Å². The van der Waals surface area contributed by atoms with E-state index < -0.39 is 15.9 Å². The Bertz CT molecular complexity index is 1290. The number of amides is 1. The molecule has 2 aromatic heterocycles. The van der Waals surface area contributed by atoms with E-state index in [9.17, 15) is 13.2 Å². The zero-order chi connectivity index (χ0) is 24.3. The molecule has 34 heavy (non-hydrogen) atoms. The first-order valence-electron chi connectivity index (χ1n) is 10.5. The van der Waals surface area contributed by atoms with Crippen LogP contribution in [-0.4, -0.2) is 66.9 Å². The number of rotatable bonds is 7. The fraction of sp³-hybridized carbons (Fsp3) is 0.273. The number of piperazine rings is 1. The van der Waals surface area contributed by atoms with Gasteiger partial charge in [-0.15, -0.1) is 0 Å². The number of aromatic nitrogens is 3. The van der Waals surface area contributed by atoms with Gasteiger partial charge in [0.1, 0.15) is 29.0 Å². The summed E-state index contributed by atoms with van der Waals surface area (Å²) in [5.74, 6) is 2.02. The Kier molecular flexibility index (Phi) is 6.61. The second-order valence-electron chi connectivity index (χ2n) is 7.62. The lowest BCUT2D eigenvalue weighted by molar-refractivity contribution is 0.0997. The third kappa shape index (κ3) is 4.92. The number of primary amides is 1. The monoisotopic (exact) mass is 483 g/mol. The molecule has 0 spiro atoms. The number of sulfonamides is 1. The number of methoxy groups -OCH3 is 1. The van der Waals surface area contributed by atoms with Crippen LogP contribution in [-0.2, 0) is 10.0 Å². The Labute approximate surface area is 197 Å². The van der Waals surface area contributed by atoms with Crippen molar-refractivity contribution < 1.29 is 17.9 Å². The maximum absolute atomic E-state index is 13.2. The van der Waals surface area contributed by atoms with Crippen molar-refractivity contribution in [3.8, 4) is 5.75 Å². The Balaban J connectivity index is 1.49. The van der Waals surface area contributed by atoms with Crippen LogP contribution in [0.2, 0.25) is 0 Å². The average Bonchev–Trinajstić information content (AvgIpc) is 2.84. The van der Waals surface area contributed by atoms with Gasteiger partial charge < -0.3 is 20.7 Å². The van der Waals surface area contributed by atoms with Gasteiger partial charge in [0.2, 0.25) is 10.0 Å². The van der Waals surface area contributed by atoms with Crippen LogP contribution in [0.25, 0.3) is 0 Å². The summed E-state index contributed by atoms with van der Waals surface area (Å²) in [6.07, 6.45) is 1.69. The zero-order valence-electron chi connectivity index (χ0n) is 18.8. The van der Waals surface area contributed by atoms with Gasteiger partial charge in [0.15, 0.2) is 0 Å². The normalized spacial score (nSPS) is 14.6. The minimum absolute atomic E-state index is 0.00437. The number of nitrogens with one attached hydrogen (secondary N) is 1. The number of aryl methyl sites for hydroxylation is 1. The summed E-state index contributed by atoms with van der Waals surface area (Å²) < 4.78 is 32.9. The van der Waals surface area contributed by atoms with Gasteiger partial charge >= 0.3 is 0 Å². The minimum Gasteiger partial charge on any atom is -0.496 e. The summed E-state index contributed by atoms with van der Waals surface area (Å²) in [6.45, 7) is 3.20.